The highest BCUT2D eigenvalue weighted by Gasteiger charge is 2.33. The molecule has 39 heavy (non-hydrogen) atoms. The van der Waals surface area contributed by atoms with Crippen molar-refractivity contribution in [3.63, 3.8) is 0 Å². The van der Waals surface area contributed by atoms with Crippen molar-refractivity contribution in [2.45, 2.75) is 26.8 Å². The molecule has 0 aliphatic carbocycles. The lowest BCUT2D eigenvalue weighted by Gasteiger charge is -2.24. The van der Waals surface area contributed by atoms with Crippen molar-refractivity contribution in [1.82, 2.24) is 4.57 Å². The first-order chi connectivity index (χ1) is 18.8. The summed E-state index contributed by atoms with van der Waals surface area (Å²) in [5.41, 5.74) is 1.94. The molecule has 4 aromatic rings. The first-order valence-corrected chi connectivity index (χ1v) is 13.9. The second kappa shape index (κ2) is 11.3. The number of fused-ring (bicyclic) bond motifs is 1. The summed E-state index contributed by atoms with van der Waals surface area (Å²) in [5, 5.41) is 0.983. The summed E-state index contributed by atoms with van der Waals surface area (Å²) < 4.78 is 18.9. The van der Waals surface area contributed by atoms with Crippen LogP contribution in [0.2, 0.25) is 10.0 Å². The largest absolute Gasteiger partial charge is 0.494 e. The van der Waals surface area contributed by atoms with Crippen LogP contribution in [0.5, 0.6) is 5.75 Å². The number of hydrogen-bond acceptors (Lipinski definition) is 7. The fourth-order valence-electron chi connectivity index (χ4n) is 4.41. The van der Waals surface area contributed by atoms with Crippen LogP contribution in [-0.2, 0) is 9.53 Å². The molecule has 0 N–H and O–H groups in total. The van der Waals surface area contributed by atoms with Crippen molar-refractivity contribution in [3.05, 3.63) is 107 Å². The Labute approximate surface area is 238 Å². The number of thiazole rings is 1. The minimum Gasteiger partial charge on any atom is -0.494 e. The van der Waals surface area contributed by atoms with Gasteiger partial charge in [0, 0.05) is 16.7 Å². The molecule has 0 bridgehead atoms. The van der Waals surface area contributed by atoms with E-state index in [-0.39, 0.29) is 12.2 Å². The monoisotopic (exact) mass is 582 g/mol. The normalized spacial score (nSPS) is 15.2. The predicted octanol–water partition coefficient (Wildman–Crippen LogP) is 5.76. The van der Waals surface area contributed by atoms with Crippen molar-refractivity contribution in [2.24, 2.45) is 4.99 Å². The Balaban J connectivity index is 1.61. The molecule has 1 aliphatic heterocycles. The van der Waals surface area contributed by atoms with Gasteiger partial charge in [-0.2, -0.15) is 0 Å². The Kier molecular flexibility index (Phi) is 7.79. The molecule has 2 aromatic carbocycles. The number of esters is 1. The molecule has 0 amide bonds. The highest BCUT2D eigenvalue weighted by molar-refractivity contribution is 7.07. The van der Waals surface area contributed by atoms with Crippen molar-refractivity contribution in [2.75, 3.05) is 13.2 Å². The second-order valence-corrected chi connectivity index (χ2v) is 10.5. The Bertz CT molecular complexity index is 1770. The number of rotatable bonds is 7. The van der Waals surface area contributed by atoms with E-state index in [9.17, 15) is 9.59 Å². The van der Waals surface area contributed by atoms with Crippen LogP contribution in [0.25, 0.3) is 17.4 Å². The molecule has 1 atom stereocenters. The number of carbonyl (C=O) groups excluding carboxylic acids is 1. The van der Waals surface area contributed by atoms with Gasteiger partial charge < -0.3 is 13.9 Å². The average Bonchev–Trinajstić information content (AvgIpc) is 3.48. The highest BCUT2D eigenvalue weighted by atomic mass is 35.5. The minimum atomic E-state index is -0.710. The van der Waals surface area contributed by atoms with Gasteiger partial charge in [0.05, 0.1) is 40.1 Å². The van der Waals surface area contributed by atoms with E-state index >= 15 is 0 Å². The third-order valence-electron chi connectivity index (χ3n) is 6.12. The fraction of sp³-hybridized carbons (Fsp3) is 0.207. The van der Waals surface area contributed by atoms with E-state index < -0.39 is 12.0 Å². The predicted molar refractivity (Wildman–Crippen MR) is 152 cm³/mol. The smallest absolute Gasteiger partial charge is 0.338 e. The van der Waals surface area contributed by atoms with E-state index in [2.05, 4.69) is 4.99 Å². The lowest BCUT2D eigenvalue weighted by Crippen LogP contribution is -2.39. The van der Waals surface area contributed by atoms with Crippen LogP contribution in [0.1, 0.15) is 38.1 Å². The van der Waals surface area contributed by atoms with Gasteiger partial charge in [0.15, 0.2) is 4.80 Å². The highest BCUT2D eigenvalue weighted by Crippen LogP contribution is 2.33. The topological polar surface area (TPSA) is 83.0 Å². The number of furan rings is 1. The SMILES string of the molecule is CCOC(=O)C1=C(C)N=c2s/c(=C\c3ccc(-c4ccc(Cl)cc4Cl)o3)c(=O)n2[C@H]1c1ccc(OCC)cc1. The van der Waals surface area contributed by atoms with E-state index in [0.717, 1.165) is 5.56 Å². The quantitative estimate of drug-likeness (QED) is 0.258. The molecule has 0 saturated heterocycles. The van der Waals surface area contributed by atoms with Crippen LogP contribution in [-0.4, -0.2) is 23.8 Å². The van der Waals surface area contributed by atoms with E-state index in [1.807, 2.05) is 31.2 Å². The summed E-state index contributed by atoms with van der Waals surface area (Å²) in [6.07, 6.45) is 1.66. The molecule has 0 radical (unpaired) electrons. The first-order valence-electron chi connectivity index (χ1n) is 12.3. The van der Waals surface area contributed by atoms with E-state index in [1.54, 1.807) is 50.3 Å². The second-order valence-electron chi connectivity index (χ2n) is 8.63. The first kappa shape index (κ1) is 27.0. The summed E-state index contributed by atoms with van der Waals surface area (Å²) in [6.45, 7) is 6.13. The Morgan fingerprint density at radius 3 is 2.56 bits per heavy atom. The van der Waals surface area contributed by atoms with Gasteiger partial charge in [-0.05, 0) is 68.8 Å². The van der Waals surface area contributed by atoms with Crippen LogP contribution in [0.3, 0.4) is 0 Å². The summed E-state index contributed by atoms with van der Waals surface area (Å²) in [7, 11) is 0. The zero-order valence-corrected chi connectivity index (χ0v) is 23.7. The number of carbonyl (C=O) groups is 1. The minimum absolute atomic E-state index is 0.203. The molecule has 200 valence electrons. The molecule has 0 saturated carbocycles. The number of nitrogens with zero attached hydrogens (tertiary/aromatic N) is 2. The maximum atomic E-state index is 13.8. The Morgan fingerprint density at radius 2 is 1.87 bits per heavy atom. The molecular formula is C29H24Cl2N2O5S. The van der Waals surface area contributed by atoms with Gasteiger partial charge in [-0.25, -0.2) is 9.79 Å². The van der Waals surface area contributed by atoms with E-state index in [1.165, 1.54) is 15.9 Å². The lowest BCUT2D eigenvalue weighted by atomic mass is 9.96. The third-order valence-corrected chi connectivity index (χ3v) is 7.65. The number of hydrogen-bond donors (Lipinski definition) is 0. The number of aromatic nitrogens is 1. The molecule has 7 nitrogen and oxygen atoms in total. The van der Waals surface area contributed by atoms with Crippen LogP contribution in [0.15, 0.2) is 80.1 Å². The molecule has 0 unspecified atom stereocenters. The molecule has 2 aromatic heterocycles. The average molecular weight is 583 g/mol. The number of benzene rings is 2. The van der Waals surface area contributed by atoms with Crippen molar-refractivity contribution < 1.29 is 18.7 Å². The van der Waals surface area contributed by atoms with Gasteiger partial charge >= 0.3 is 5.97 Å². The molecule has 0 spiro atoms. The van der Waals surface area contributed by atoms with Gasteiger partial charge in [0.25, 0.3) is 5.56 Å². The van der Waals surface area contributed by atoms with Crippen LogP contribution in [0.4, 0.5) is 0 Å². The number of allylic oxidation sites excluding steroid dienone is 1. The van der Waals surface area contributed by atoms with Crippen molar-refractivity contribution >= 4 is 46.6 Å². The maximum Gasteiger partial charge on any atom is 0.338 e. The molecule has 1 aliphatic rings. The summed E-state index contributed by atoms with van der Waals surface area (Å²) in [6, 6.07) is 15.3. The van der Waals surface area contributed by atoms with E-state index in [0.29, 0.717) is 60.1 Å². The Hall–Kier alpha value is -3.59. The lowest BCUT2D eigenvalue weighted by molar-refractivity contribution is -0.139. The molecule has 0 fully saturated rings. The zero-order valence-electron chi connectivity index (χ0n) is 21.4. The number of halogens is 2. The molecule has 3 heterocycles. The van der Waals surface area contributed by atoms with Gasteiger partial charge in [0.1, 0.15) is 17.3 Å². The summed E-state index contributed by atoms with van der Waals surface area (Å²) >= 11 is 13.6. The van der Waals surface area contributed by atoms with E-state index in [4.69, 9.17) is 37.1 Å². The third kappa shape index (κ3) is 5.32. The van der Waals surface area contributed by atoms with Gasteiger partial charge in [-0.1, -0.05) is 46.7 Å². The van der Waals surface area contributed by atoms with Gasteiger partial charge in [0.2, 0.25) is 0 Å². The summed E-state index contributed by atoms with van der Waals surface area (Å²) in [4.78, 5) is 31.9. The molecule has 10 heteroatoms. The number of ether oxygens (including phenoxy) is 2. The molecular weight excluding hydrogens is 559 g/mol. The van der Waals surface area contributed by atoms with Crippen molar-refractivity contribution in [3.8, 4) is 17.1 Å². The van der Waals surface area contributed by atoms with Gasteiger partial charge in [-0.3, -0.25) is 9.36 Å². The molecule has 5 rings (SSSR count). The van der Waals surface area contributed by atoms with Gasteiger partial charge in [-0.15, -0.1) is 0 Å². The van der Waals surface area contributed by atoms with Crippen LogP contribution < -0.4 is 19.6 Å². The van der Waals surface area contributed by atoms with Crippen LogP contribution >= 0.6 is 34.5 Å². The zero-order chi connectivity index (χ0) is 27.7. The standard InChI is InChI=1S/C29H24Cl2N2O5S/c1-4-36-19-9-6-17(7-10-19)26-25(28(35)37-5-2)16(3)32-29-33(26)27(34)24(39-29)15-20-11-13-23(38-20)21-12-8-18(30)14-22(21)31/h6-15,26H,4-5H2,1-3H3/b24-15-/t26-/m0/s1. The fourth-order valence-corrected chi connectivity index (χ4v) is 5.94. The Morgan fingerprint density at radius 1 is 1.10 bits per heavy atom. The van der Waals surface area contributed by atoms with Crippen molar-refractivity contribution in [1.29, 1.82) is 0 Å². The maximum absolute atomic E-state index is 13.8. The van der Waals surface area contributed by atoms with Crippen LogP contribution in [0, 0.1) is 0 Å². The summed E-state index contributed by atoms with van der Waals surface area (Å²) in [5.74, 6) is 1.20.